The summed E-state index contributed by atoms with van der Waals surface area (Å²) < 4.78 is 0. The van der Waals surface area contributed by atoms with E-state index in [2.05, 4.69) is 39.9 Å². The molecule has 8 nitrogen and oxygen atoms in total. The third-order valence-corrected chi connectivity index (χ3v) is 3.19. The number of pyridine rings is 1. The first kappa shape index (κ1) is 13.9. The summed E-state index contributed by atoms with van der Waals surface area (Å²) in [6, 6.07) is 3.72. The highest BCUT2D eigenvalue weighted by Gasteiger charge is 2.12. The Balaban J connectivity index is 1.92. The fourth-order valence-electron chi connectivity index (χ4n) is 2.09. The summed E-state index contributed by atoms with van der Waals surface area (Å²) in [5, 5.41) is 0. The number of hydrogen-bond acceptors (Lipinski definition) is 8. The van der Waals surface area contributed by atoms with Gasteiger partial charge in [0.1, 0.15) is 12.7 Å². The minimum Gasteiger partial charge on any atom is -0.264 e. The first-order chi connectivity index (χ1) is 11.9. The SMILES string of the molecule is c1cncc(-c2nc(-c3cncnc3)nc(-c3cncnc3)n2)c1. The molecular weight excluding hydrogens is 304 g/mol. The molecule has 0 radical (unpaired) electrons. The van der Waals surface area contributed by atoms with E-state index >= 15 is 0 Å². The van der Waals surface area contributed by atoms with Gasteiger partial charge in [0.25, 0.3) is 0 Å². The second-order valence-electron chi connectivity index (χ2n) is 4.80. The number of hydrogen-bond donors (Lipinski definition) is 0. The molecule has 24 heavy (non-hydrogen) atoms. The van der Waals surface area contributed by atoms with Crippen LogP contribution in [-0.4, -0.2) is 39.9 Å². The lowest BCUT2D eigenvalue weighted by atomic mass is 10.2. The Kier molecular flexibility index (Phi) is 3.61. The van der Waals surface area contributed by atoms with Crippen molar-refractivity contribution in [3.63, 3.8) is 0 Å². The molecule has 0 spiro atoms. The molecule has 0 unspecified atom stereocenters. The Morgan fingerprint density at radius 3 is 1.42 bits per heavy atom. The molecule has 4 aromatic heterocycles. The van der Waals surface area contributed by atoms with Gasteiger partial charge in [-0.05, 0) is 12.1 Å². The highest BCUT2D eigenvalue weighted by atomic mass is 15.0. The average Bonchev–Trinajstić information content (AvgIpc) is 2.70. The maximum absolute atomic E-state index is 4.52. The minimum atomic E-state index is 0.475. The zero-order chi connectivity index (χ0) is 16.2. The summed E-state index contributed by atoms with van der Waals surface area (Å²) in [4.78, 5) is 33.7. The highest BCUT2D eigenvalue weighted by molar-refractivity contribution is 5.64. The van der Waals surface area contributed by atoms with Gasteiger partial charge in [0.05, 0.1) is 11.1 Å². The van der Waals surface area contributed by atoms with Gasteiger partial charge in [-0.25, -0.2) is 34.9 Å². The van der Waals surface area contributed by atoms with Crippen LogP contribution >= 0.6 is 0 Å². The Hall–Kier alpha value is -3.68. The van der Waals surface area contributed by atoms with Gasteiger partial charge in [0, 0.05) is 42.7 Å². The topological polar surface area (TPSA) is 103 Å². The third kappa shape index (κ3) is 2.80. The molecule has 8 heteroatoms. The minimum absolute atomic E-state index is 0.475. The third-order valence-electron chi connectivity index (χ3n) is 3.19. The van der Waals surface area contributed by atoms with E-state index in [-0.39, 0.29) is 0 Å². The van der Waals surface area contributed by atoms with Gasteiger partial charge >= 0.3 is 0 Å². The zero-order valence-corrected chi connectivity index (χ0v) is 12.4. The Morgan fingerprint density at radius 2 is 0.958 bits per heavy atom. The van der Waals surface area contributed by atoms with E-state index in [1.165, 1.54) is 12.7 Å². The highest BCUT2D eigenvalue weighted by Crippen LogP contribution is 2.22. The molecule has 0 fully saturated rings. The summed E-state index contributed by atoms with van der Waals surface area (Å²) in [7, 11) is 0. The Morgan fingerprint density at radius 1 is 0.500 bits per heavy atom. The van der Waals surface area contributed by atoms with E-state index in [1.54, 1.807) is 37.2 Å². The standard InChI is InChI=1S/C16H10N8/c1-2-11(4-17-3-1)14-22-15(12-5-18-9-19-6-12)24-16(23-14)13-7-20-10-21-8-13/h1-10H. The molecule has 0 atom stereocenters. The van der Waals surface area contributed by atoms with Crippen LogP contribution in [0.3, 0.4) is 0 Å². The molecule has 4 aromatic rings. The van der Waals surface area contributed by atoms with Crippen molar-refractivity contribution in [1.29, 1.82) is 0 Å². The monoisotopic (exact) mass is 314 g/mol. The van der Waals surface area contributed by atoms with Gasteiger partial charge in [-0.2, -0.15) is 0 Å². The van der Waals surface area contributed by atoms with Crippen molar-refractivity contribution in [2.75, 3.05) is 0 Å². The van der Waals surface area contributed by atoms with Gasteiger partial charge in [0.15, 0.2) is 17.5 Å². The summed E-state index contributed by atoms with van der Waals surface area (Å²) in [5.74, 6) is 1.46. The number of nitrogens with zero attached hydrogens (tertiary/aromatic N) is 8. The molecule has 0 aliphatic heterocycles. The van der Waals surface area contributed by atoms with E-state index in [4.69, 9.17) is 0 Å². The van der Waals surface area contributed by atoms with Crippen molar-refractivity contribution in [3.05, 3.63) is 62.0 Å². The second kappa shape index (κ2) is 6.21. The lowest BCUT2D eigenvalue weighted by Crippen LogP contribution is -2.01. The van der Waals surface area contributed by atoms with Crippen LogP contribution in [0.4, 0.5) is 0 Å². The predicted octanol–water partition coefficient (Wildman–Crippen LogP) is 1.85. The van der Waals surface area contributed by atoms with E-state index in [0.717, 1.165) is 5.56 Å². The molecule has 114 valence electrons. The molecule has 0 saturated heterocycles. The smallest absolute Gasteiger partial charge is 0.167 e. The van der Waals surface area contributed by atoms with Crippen LogP contribution in [0.25, 0.3) is 34.2 Å². The molecular formula is C16H10N8. The van der Waals surface area contributed by atoms with Crippen molar-refractivity contribution < 1.29 is 0 Å². The fraction of sp³-hybridized carbons (Fsp3) is 0. The Bertz CT molecular complexity index is 806. The van der Waals surface area contributed by atoms with Crippen molar-refractivity contribution >= 4 is 0 Å². The molecule has 0 saturated carbocycles. The largest absolute Gasteiger partial charge is 0.264 e. The molecule has 0 aliphatic carbocycles. The van der Waals surface area contributed by atoms with Crippen LogP contribution in [0.2, 0.25) is 0 Å². The molecule has 0 bridgehead atoms. The van der Waals surface area contributed by atoms with Crippen molar-refractivity contribution in [2.45, 2.75) is 0 Å². The molecule has 0 amide bonds. The first-order valence-corrected chi connectivity index (χ1v) is 7.07. The van der Waals surface area contributed by atoms with Gasteiger partial charge in [0.2, 0.25) is 0 Å². The van der Waals surface area contributed by atoms with Crippen LogP contribution in [0.5, 0.6) is 0 Å². The van der Waals surface area contributed by atoms with Crippen molar-refractivity contribution in [3.8, 4) is 34.2 Å². The van der Waals surface area contributed by atoms with E-state index in [1.807, 2.05) is 12.1 Å². The normalized spacial score (nSPS) is 10.5. The maximum atomic E-state index is 4.52. The lowest BCUT2D eigenvalue weighted by Gasteiger charge is -2.06. The summed E-state index contributed by atoms with van der Waals surface area (Å²) in [5.41, 5.74) is 2.18. The van der Waals surface area contributed by atoms with Crippen LogP contribution in [0, 0.1) is 0 Å². The predicted molar refractivity (Wildman–Crippen MR) is 85.1 cm³/mol. The van der Waals surface area contributed by atoms with Gasteiger partial charge in [-0.3, -0.25) is 4.98 Å². The van der Waals surface area contributed by atoms with E-state index in [9.17, 15) is 0 Å². The summed E-state index contributed by atoms with van der Waals surface area (Å²) >= 11 is 0. The van der Waals surface area contributed by atoms with Gasteiger partial charge in [-0.1, -0.05) is 0 Å². The lowest BCUT2D eigenvalue weighted by molar-refractivity contribution is 1.05. The quantitative estimate of drug-likeness (QED) is 0.564. The van der Waals surface area contributed by atoms with Gasteiger partial charge in [-0.15, -0.1) is 0 Å². The summed E-state index contributed by atoms with van der Waals surface area (Å²) in [6.45, 7) is 0. The fourth-order valence-corrected chi connectivity index (χ4v) is 2.09. The molecule has 4 heterocycles. The molecule has 0 aromatic carbocycles. The van der Waals surface area contributed by atoms with E-state index in [0.29, 0.717) is 28.6 Å². The maximum Gasteiger partial charge on any atom is 0.167 e. The molecule has 0 aliphatic rings. The van der Waals surface area contributed by atoms with Crippen LogP contribution in [-0.2, 0) is 0 Å². The number of rotatable bonds is 3. The van der Waals surface area contributed by atoms with Gasteiger partial charge < -0.3 is 0 Å². The van der Waals surface area contributed by atoms with Crippen molar-refractivity contribution in [2.24, 2.45) is 0 Å². The summed E-state index contributed by atoms with van der Waals surface area (Å²) in [6.07, 6.45) is 12.9. The Labute approximate surface area is 136 Å². The zero-order valence-electron chi connectivity index (χ0n) is 12.4. The molecule has 0 N–H and O–H groups in total. The average molecular weight is 314 g/mol. The second-order valence-corrected chi connectivity index (χ2v) is 4.80. The van der Waals surface area contributed by atoms with Crippen LogP contribution in [0.1, 0.15) is 0 Å². The van der Waals surface area contributed by atoms with Crippen LogP contribution in [0.15, 0.2) is 62.0 Å². The van der Waals surface area contributed by atoms with Crippen LogP contribution < -0.4 is 0 Å². The number of aromatic nitrogens is 8. The van der Waals surface area contributed by atoms with E-state index < -0.39 is 0 Å². The first-order valence-electron chi connectivity index (χ1n) is 7.07. The van der Waals surface area contributed by atoms with Crippen molar-refractivity contribution in [1.82, 2.24) is 39.9 Å². The molecule has 4 rings (SSSR count).